The predicted molar refractivity (Wildman–Crippen MR) is 23.8 cm³/mol. The van der Waals surface area contributed by atoms with Crippen molar-refractivity contribution in [2.45, 2.75) is 6.36 Å². The van der Waals surface area contributed by atoms with E-state index in [1.807, 2.05) is 0 Å². The molecule has 2 nitrogen and oxygen atoms in total. The van der Waals surface area contributed by atoms with Crippen LogP contribution >= 0.6 is 0 Å². The maximum atomic E-state index is 10.6. The summed E-state index contributed by atoms with van der Waals surface area (Å²) in [5.41, 5.74) is 0. The molecule has 8 heavy (non-hydrogen) atoms. The van der Waals surface area contributed by atoms with Gasteiger partial charge in [0.15, 0.2) is 0 Å². The van der Waals surface area contributed by atoms with E-state index in [2.05, 4.69) is 4.18 Å². The Kier molecular flexibility index (Phi) is 6.92. The van der Waals surface area contributed by atoms with E-state index < -0.39 is 18.3 Å². The van der Waals surface area contributed by atoms with Crippen molar-refractivity contribution in [2.24, 2.45) is 0 Å². The van der Waals surface area contributed by atoms with E-state index in [4.69, 9.17) is 4.21 Å². The van der Waals surface area contributed by atoms with Crippen molar-refractivity contribution >= 4 is 41.5 Å². The van der Waals surface area contributed by atoms with Gasteiger partial charge in [-0.05, 0) is 0 Å². The van der Waals surface area contributed by atoms with Gasteiger partial charge in [-0.15, -0.1) is 13.2 Å². The summed E-state index contributed by atoms with van der Waals surface area (Å²) in [6.45, 7) is 0. The Morgan fingerprint density at radius 1 is 1.38 bits per heavy atom. The summed E-state index contributed by atoms with van der Waals surface area (Å²) in [5, 5.41) is 0. The van der Waals surface area contributed by atoms with Crippen molar-refractivity contribution < 1.29 is 21.6 Å². The average molecular weight is 158 g/mol. The molecule has 0 bridgehead atoms. The average Bonchev–Trinajstić information content (AvgIpc) is 1.30. The summed E-state index contributed by atoms with van der Waals surface area (Å²) in [4.78, 5) is 0. The molecule has 0 fully saturated rings. The van der Waals surface area contributed by atoms with Crippen LogP contribution in [-0.4, -0.2) is 40.1 Å². The van der Waals surface area contributed by atoms with Gasteiger partial charge in [-0.2, -0.15) is 4.18 Å². The van der Waals surface area contributed by atoms with Gasteiger partial charge in [0.2, 0.25) is 0 Å². The molecule has 0 aliphatic carbocycles. The second-order valence-corrected chi connectivity index (χ2v) is 0.943. The molecule has 0 aromatic heterocycles. The van der Waals surface area contributed by atoms with Crippen LogP contribution in [0.1, 0.15) is 0 Å². The molecule has 0 aliphatic heterocycles. The number of rotatable bonds is 1. The van der Waals surface area contributed by atoms with E-state index in [-0.39, 0.29) is 29.6 Å². The Bertz CT molecular complexity index is 72.2. The van der Waals surface area contributed by atoms with Gasteiger partial charge in [0.05, 0.1) is 0 Å². The molecule has 46 valence electrons. The van der Waals surface area contributed by atoms with Crippen LogP contribution in [0, 0.1) is 0 Å². The van der Waals surface area contributed by atoms with Crippen molar-refractivity contribution in [1.82, 2.24) is 0 Å². The van der Waals surface area contributed by atoms with E-state index in [0.717, 1.165) is 0 Å². The van der Waals surface area contributed by atoms with Crippen molar-refractivity contribution in [1.29, 1.82) is 0 Å². The monoisotopic (exact) mass is 158 g/mol. The van der Waals surface area contributed by atoms with E-state index in [0.29, 0.717) is 0 Å². The molecule has 0 saturated carbocycles. The molecule has 7 heteroatoms. The Balaban J connectivity index is 0. The van der Waals surface area contributed by atoms with Crippen LogP contribution in [0.15, 0.2) is 0 Å². The Morgan fingerprint density at radius 3 is 1.75 bits per heavy atom. The summed E-state index contributed by atoms with van der Waals surface area (Å²) in [5.74, 6) is 0. The number of thiol groups is 1. The number of alkyl halides is 3. The second-order valence-electron chi connectivity index (χ2n) is 0.612. The van der Waals surface area contributed by atoms with Crippen LogP contribution in [0.5, 0.6) is 0 Å². The summed E-state index contributed by atoms with van der Waals surface area (Å²) in [6.07, 6.45) is -4.77. The summed E-state index contributed by atoms with van der Waals surface area (Å²) >= 11 is -1.37. The van der Waals surface area contributed by atoms with Crippen LogP contribution < -0.4 is 0 Å². The molecule has 0 unspecified atom stereocenters. The van der Waals surface area contributed by atoms with E-state index in [1.165, 1.54) is 0 Å². The number of hydrogen-bond acceptors (Lipinski definition) is 2. The molecular weight excluding hydrogens is 156 g/mol. The van der Waals surface area contributed by atoms with Gasteiger partial charge in [0.25, 0.3) is 0 Å². The second kappa shape index (κ2) is 4.75. The van der Waals surface area contributed by atoms with Crippen molar-refractivity contribution in [2.75, 3.05) is 0 Å². The summed E-state index contributed by atoms with van der Waals surface area (Å²) in [7, 11) is 0. The van der Waals surface area contributed by atoms with E-state index >= 15 is 0 Å². The normalized spacial score (nSPS) is 10.4. The molecule has 0 aromatic rings. The molecule has 0 saturated heterocycles. The van der Waals surface area contributed by atoms with E-state index in [9.17, 15) is 13.2 Å². The molecule has 0 aliphatic rings. The van der Waals surface area contributed by atoms with Gasteiger partial charge < -0.3 is 0 Å². The van der Waals surface area contributed by atoms with Crippen molar-refractivity contribution in [3.8, 4) is 0 Å². The quantitative estimate of drug-likeness (QED) is 0.420. The first-order valence-electron chi connectivity index (χ1n) is 1.14. The molecule has 0 aromatic carbocycles. The minimum atomic E-state index is -4.77. The third-order valence-electron chi connectivity index (χ3n) is 0.141. The summed E-state index contributed by atoms with van der Waals surface area (Å²) < 4.78 is 43.5. The van der Waals surface area contributed by atoms with Gasteiger partial charge in [0, 0.05) is 0 Å². The maximum absolute atomic E-state index is 10.6. The van der Waals surface area contributed by atoms with Crippen LogP contribution in [0.4, 0.5) is 13.2 Å². The Labute approximate surface area is 69.4 Å². The predicted octanol–water partition coefficient (Wildman–Crippen LogP) is -0.265. The molecule has 0 heterocycles. The molecular formula is CH2F3NaO2S. The Hall–Kier alpha value is 0.900. The minimum absolute atomic E-state index is 0. The fourth-order valence-electron chi connectivity index (χ4n) is 0.0423. The van der Waals surface area contributed by atoms with Crippen molar-refractivity contribution in [3.63, 3.8) is 0 Å². The van der Waals surface area contributed by atoms with Crippen molar-refractivity contribution in [3.05, 3.63) is 0 Å². The molecule has 0 rings (SSSR count). The molecule has 0 N–H and O–H groups in total. The molecule has 0 atom stereocenters. The fraction of sp³-hybridized carbons (Fsp3) is 1.00. The van der Waals surface area contributed by atoms with Crippen LogP contribution in [-0.2, 0) is 16.1 Å². The van der Waals surface area contributed by atoms with Gasteiger partial charge in [-0.25, -0.2) is 4.21 Å². The van der Waals surface area contributed by atoms with Gasteiger partial charge in [-0.3, -0.25) is 0 Å². The van der Waals surface area contributed by atoms with Crippen LogP contribution in [0.2, 0.25) is 0 Å². The topological polar surface area (TPSA) is 26.3 Å². The zero-order valence-corrected chi connectivity index (χ0v) is 3.79. The van der Waals surface area contributed by atoms with Crippen LogP contribution in [0.25, 0.3) is 0 Å². The zero-order valence-electron chi connectivity index (χ0n) is 2.90. The first kappa shape index (κ1) is 11.7. The number of halogens is 3. The van der Waals surface area contributed by atoms with E-state index in [1.54, 1.807) is 0 Å². The third-order valence-corrected chi connectivity index (χ3v) is 0.422. The van der Waals surface area contributed by atoms with Gasteiger partial charge >= 0.3 is 35.9 Å². The SMILES string of the molecule is O=[SH]OC(F)(F)F.[NaH]. The zero-order chi connectivity index (χ0) is 5.91. The van der Waals surface area contributed by atoms with Gasteiger partial charge in [0.1, 0.15) is 11.9 Å². The van der Waals surface area contributed by atoms with Gasteiger partial charge in [-0.1, -0.05) is 0 Å². The molecule has 0 amide bonds. The molecule has 0 spiro atoms. The van der Waals surface area contributed by atoms with Crippen LogP contribution in [0.3, 0.4) is 0 Å². The first-order chi connectivity index (χ1) is 3.06. The molecule has 0 radical (unpaired) electrons. The standard InChI is InChI=1S/CHF3O2S.Na.H/c2-1(3,4)6-7-5;;/h7H;;. The first-order valence-corrected chi connectivity index (χ1v) is 1.87. The third kappa shape index (κ3) is 10.0. The Morgan fingerprint density at radius 2 is 1.75 bits per heavy atom. The summed E-state index contributed by atoms with van der Waals surface area (Å²) in [6, 6.07) is 0. The number of hydrogen-bond donors (Lipinski definition) is 1. The fourth-order valence-corrected chi connectivity index (χ4v) is 0.127.